The van der Waals surface area contributed by atoms with E-state index in [1.807, 2.05) is 6.08 Å². The summed E-state index contributed by atoms with van der Waals surface area (Å²) in [6.45, 7) is 6.61. The van der Waals surface area contributed by atoms with E-state index < -0.39 is 0 Å². The second kappa shape index (κ2) is 2.76. The second-order valence-electron chi connectivity index (χ2n) is 4.03. The summed E-state index contributed by atoms with van der Waals surface area (Å²) in [4.78, 5) is 10.2. The Morgan fingerprint density at radius 2 is 2.27 bits per heavy atom. The molecule has 1 aliphatic rings. The maximum absolute atomic E-state index is 10.2. The van der Waals surface area contributed by atoms with E-state index in [0.717, 1.165) is 18.5 Å². The Labute approximate surface area is 67.7 Å². The number of rotatable bonds is 1. The summed E-state index contributed by atoms with van der Waals surface area (Å²) < 4.78 is 0. The molecule has 0 aromatic heterocycles. The minimum Gasteiger partial charge on any atom is -0.145 e. The summed E-state index contributed by atoms with van der Waals surface area (Å²) in [6.07, 6.45) is 3.92. The fraction of sp³-hybridized carbons (Fsp3) is 0.778. The molecule has 0 aliphatic heterocycles. The van der Waals surface area contributed by atoms with Crippen LogP contribution < -0.4 is 0 Å². The van der Waals surface area contributed by atoms with Crippen LogP contribution in [0, 0.1) is 16.2 Å². The number of nitrogens with zero attached hydrogens (tertiary/aromatic N) is 1. The van der Waals surface area contributed by atoms with Crippen LogP contribution in [0.4, 0.5) is 0 Å². The molecule has 0 N–H and O–H groups in total. The van der Waals surface area contributed by atoms with E-state index in [1.54, 1.807) is 0 Å². The van der Waals surface area contributed by atoms with Crippen LogP contribution in [0.25, 0.3) is 0 Å². The number of hydrogen-bond acceptors (Lipinski definition) is 2. The Kier molecular flexibility index (Phi) is 2.12. The van der Waals surface area contributed by atoms with Crippen LogP contribution in [0.5, 0.6) is 0 Å². The molecule has 1 unspecified atom stereocenters. The van der Waals surface area contributed by atoms with Crippen molar-refractivity contribution in [1.82, 2.24) is 0 Å². The minimum absolute atomic E-state index is 0.341. The van der Waals surface area contributed by atoms with E-state index in [4.69, 9.17) is 0 Å². The van der Waals surface area contributed by atoms with Crippen molar-refractivity contribution in [2.75, 3.05) is 0 Å². The van der Waals surface area contributed by atoms with Gasteiger partial charge in [0.25, 0.3) is 0 Å². The third kappa shape index (κ3) is 1.67. The molecule has 1 rings (SSSR count). The van der Waals surface area contributed by atoms with Gasteiger partial charge in [0.15, 0.2) is 0 Å². The van der Waals surface area contributed by atoms with Crippen LogP contribution in [0.2, 0.25) is 0 Å². The van der Waals surface area contributed by atoms with Crippen molar-refractivity contribution in [1.29, 1.82) is 0 Å². The summed E-state index contributed by atoms with van der Waals surface area (Å²) in [5.41, 5.74) is 1.07. The van der Waals surface area contributed by atoms with Crippen LogP contribution in [-0.4, -0.2) is 0 Å². The summed E-state index contributed by atoms with van der Waals surface area (Å²) in [5.74, 6) is 0.476. The highest BCUT2D eigenvalue weighted by molar-refractivity contribution is 5.09. The van der Waals surface area contributed by atoms with Crippen molar-refractivity contribution in [3.8, 4) is 0 Å². The van der Waals surface area contributed by atoms with Crippen molar-refractivity contribution in [2.24, 2.45) is 16.5 Å². The van der Waals surface area contributed by atoms with E-state index in [2.05, 4.69) is 25.9 Å². The van der Waals surface area contributed by atoms with Gasteiger partial charge in [0.2, 0.25) is 0 Å². The smallest absolute Gasteiger partial charge is 0.0812 e. The predicted molar refractivity (Wildman–Crippen MR) is 46.1 cm³/mol. The van der Waals surface area contributed by atoms with Crippen molar-refractivity contribution in [2.45, 2.75) is 33.6 Å². The maximum Gasteiger partial charge on any atom is 0.0812 e. The Hall–Kier alpha value is -0.660. The van der Waals surface area contributed by atoms with Gasteiger partial charge in [-0.25, -0.2) is 0 Å². The van der Waals surface area contributed by atoms with Gasteiger partial charge in [0.1, 0.15) is 0 Å². The first kappa shape index (κ1) is 8.44. The number of allylic oxidation sites excluding steroid dienone is 2. The van der Waals surface area contributed by atoms with Crippen molar-refractivity contribution < 1.29 is 0 Å². The third-order valence-corrected chi connectivity index (χ3v) is 2.82. The lowest BCUT2D eigenvalue weighted by molar-refractivity contribution is 0.239. The SMILES string of the molecule is CC1C=C(N=O)CCC1(C)C. The Morgan fingerprint density at radius 1 is 1.64 bits per heavy atom. The number of nitroso groups, excluding NO2 is 1. The fourth-order valence-electron chi connectivity index (χ4n) is 1.35. The quantitative estimate of drug-likeness (QED) is 0.532. The van der Waals surface area contributed by atoms with E-state index >= 15 is 0 Å². The molecule has 0 aromatic rings. The first-order chi connectivity index (χ1) is 5.06. The highest BCUT2D eigenvalue weighted by Gasteiger charge is 2.28. The Balaban J connectivity index is 2.78. The molecule has 0 aromatic carbocycles. The maximum atomic E-state index is 10.2. The molecule has 0 saturated heterocycles. The van der Waals surface area contributed by atoms with Crippen LogP contribution in [0.1, 0.15) is 33.6 Å². The lowest BCUT2D eigenvalue weighted by atomic mass is 9.72. The molecule has 0 fully saturated rings. The first-order valence-corrected chi connectivity index (χ1v) is 4.10. The summed E-state index contributed by atoms with van der Waals surface area (Å²) >= 11 is 0. The molecule has 0 spiro atoms. The third-order valence-electron chi connectivity index (χ3n) is 2.82. The van der Waals surface area contributed by atoms with Gasteiger partial charge in [-0.2, -0.15) is 0 Å². The summed E-state index contributed by atoms with van der Waals surface area (Å²) in [7, 11) is 0. The zero-order valence-corrected chi connectivity index (χ0v) is 7.42. The Bertz CT molecular complexity index is 194. The topological polar surface area (TPSA) is 29.4 Å². The zero-order chi connectivity index (χ0) is 8.48. The molecule has 1 atom stereocenters. The van der Waals surface area contributed by atoms with E-state index in [0.29, 0.717) is 11.3 Å². The van der Waals surface area contributed by atoms with Gasteiger partial charge in [0.05, 0.1) is 5.70 Å². The normalized spacial score (nSPS) is 29.4. The lowest BCUT2D eigenvalue weighted by Crippen LogP contribution is -2.23. The molecule has 1 aliphatic carbocycles. The molecule has 0 amide bonds. The van der Waals surface area contributed by atoms with Gasteiger partial charge in [-0.05, 0) is 29.4 Å². The molecule has 0 bridgehead atoms. The highest BCUT2D eigenvalue weighted by atomic mass is 16.3. The standard InChI is InChI=1S/C9H15NO/c1-7-6-8(10-11)4-5-9(7,2)3/h6-7H,4-5H2,1-3H3. The molecule has 0 heterocycles. The summed E-state index contributed by atoms with van der Waals surface area (Å²) in [5, 5.41) is 2.97. The van der Waals surface area contributed by atoms with E-state index in [-0.39, 0.29) is 0 Å². The fourth-order valence-corrected chi connectivity index (χ4v) is 1.35. The molecule has 0 radical (unpaired) electrons. The van der Waals surface area contributed by atoms with Crippen molar-refractivity contribution in [3.05, 3.63) is 16.7 Å². The monoisotopic (exact) mass is 153 g/mol. The Morgan fingerprint density at radius 3 is 2.73 bits per heavy atom. The predicted octanol–water partition coefficient (Wildman–Crippen LogP) is 3.09. The number of hydrogen-bond donors (Lipinski definition) is 0. The molecular formula is C9H15NO. The average Bonchev–Trinajstić information content (AvgIpc) is 1.95. The molecule has 2 heteroatoms. The van der Waals surface area contributed by atoms with Gasteiger partial charge in [-0.15, -0.1) is 4.91 Å². The van der Waals surface area contributed by atoms with E-state index in [9.17, 15) is 4.91 Å². The van der Waals surface area contributed by atoms with Gasteiger partial charge in [0, 0.05) is 0 Å². The van der Waals surface area contributed by atoms with Gasteiger partial charge in [-0.3, -0.25) is 0 Å². The zero-order valence-electron chi connectivity index (χ0n) is 7.42. The molecular weight excluding hydrogens is 138 g/mol. The first-order valence-electron chi connectivity index (χ1n) is 4.10. The van der Waals surface area contributed by atoms with Crippen LogP contribution in [-0.2, 0) is 0 Å². The van der Waals surface area contributed by atoms with E-state index in [1.165, 1.54) is 0 Å². The molecule has 11 heavy (non-hydrogen) atoms. The largest absolute Gasteiger partial charge is 0.145 e. The lowest BCUT2D eigenvalue weighted by Gasteiger charge is -2.33. The van der Waals surface area contributed by atoms with Gasteiger partial charge in [-0.1, -0.05) is 26.8 Å². The van der Waals surface area contributed by atoms with Crippen LogP contribution in [0.3, 0.4) is 0 Å². The minimum atomic E-state index is 0.341. The van der Waals surface area contributed by atoms with Gasteiger partial charge < -0.3 is 0 Å². The van der Waals surface area contributed by atoms with Gasteiger partial charge >= 0.3 is 0 Å². The molecule has 0 saturated carbocycles. The second-order valence-corrected chi connectivity index (χ2v) is 4.03. The highest BCUT2D eigenvalue weighted by Crippen LogP contribution is 2.38. The average molecular weight is 153 g/mol. The summed E-state index contributed by atoms with van der Waals surface area (Å²) in [6, 6.07) is 0. The van der Waals surface area contributed by atoms with Crippen molar-refractivity contribution >= 4 is 0 Å². The molecule has 2 nitrogen and oxygen atoms in total. The van der Waals surface area contributed by atoms with Crippen molar-refractivity contribution in [3.63, 3.8) is 0 Å². The molecule has 62 valence electrons. The van der Waals surface area contributed by atoms with Crippen LogP contribution >= 0.6 is 0 Å². The van der Waals surface area contributed by atoms with Crippen LogP contribution in [0.15, 0.2) is 16.9 Å².